The molecule has 0 aliphatic rings. The number of aromatic amines is 1. The third-order valence-corrected chi connectivity index (χ3v) is 2.98. The molecule has 0 atom stereocenters. The number of rotatable bonds is 4. The summed E-state index contributed by atoms with van der Waals surface area (Å²) in [4.78, 5) is 4.09. The summed E-state index contributed by atoms with van der Waals surface area (Å²) in [5, 5.41) is 10.2. The highest BCUT2D eigenvalue weighted by molar-refractivity contribution is 5.62. The van der Waals surface area contributed by atoms with Gasteiger partial charge in [-0.2, -0.15) is 5.10 Å². The molecule has 0 radical (unpaired) electrons. The maximum atomic E-state index is 13.1. The summed E-state index contributed by atoms with van der Waals surface area (Å²) in [7, 11) is 0. The lowest BCUT2D eigenvalue weighted by Crippen LogP contribution is -2.00. The standard InChI is InChI=1S/C15H13FN4/c16-13-4-1-5-14(7-13)18-9-12-10-19-20-15(12)11-3-2-6-17-8-11/h1-8,10,18H,9H2,(H,19,20). The van der Waals surface area contributed by atoms with Gasteiger partial charge in [0.05, 0.1) is 11.9 Å². The monoisotopic (exact) mass is 268 g/mol. The number of hydrogen-bond acceptors (Lipinski definition) is 3. The van der Waals surface area contributed by atoms with Crippen LogP contribution in [0.5, 0.6) is 0 Å². The zero-order valence-corrected chi connectivity index (χ0v) is 10.7. The van der Waals surface area contributed by atoms with Crippen molar-refractivity contribution in [2.75, 3.05) is 5.32 Å². The summed E-state index contributed by atoms with van der Waals surface area (Å²) in [5.41, 5.74) is 3.63. The number of halogens is 1. The molecule has 3 rings (SSSR count). The predicted octanol–water partition coefficient (Wildman–Crippen LogP) is 3.22. The summed E-state index contributed by atoms with van der Waals surface area (Å²) in [6.07, 6.45) is 5.26. The van der Waals surface area contributed by atoms with E-state index in [4.69, 9.17) is 0 Å². The van der Waals surface area contributed by atoms with Gasteiger partial charge in [0, 0.05) is 35.8 Å². The fourth-order valence-corrected chi connectivity index (χ4v) is 2.00. The average Bonchev–Trinajstić information content (AvgIpc) is 2.95. The maximum absolute atomic E-state index is 13.1. The molecule has 1 aromatic carbocycles. The van der Waals surface area contributed by atoms with Gasteiger partial charge in [0.25, 0.3) is 0 Å². The van der Waals surface area contributed by atoms with Crippen LogP contribution in [0.3, 0.4) is 0 Å². The number of hydrogen-bond donors (Lipinski definition) is 2. The minimum absolute atomic E-state index is 0.255. The van der Waals surface area contributed by atoms with Crippen LogP contribution in [0.1, 0.15) is 5.56 Å². The second kappa shape index (κ2) is 5.52. The number of nitrogens with one attached hydrogen (secondary N) is 2. The molecular weight excluding hydrogens is 255 g/mol. The van der Waals surface area contributed by atoms with Crippen molar-refractivity contribution >= 4 is 5.69 Å². The first kappa shape index (κ1) is 12.3. The van der Waals surface area contributed by atoms with E-state index in [0.717, 1.165) is 22.5 Å². The molecule has 0 saturated carbocycles. The molecule has 4 nitrogen and oxygen atoms in total. The minimum Gasteiger partial charge on any atom is -0.381 e. The Balaban J connectivity index is 1.78. The Hall–Kier alpha value is -2.69. The Labute approximate surface area is 115 Å². The zero-order valence-electron chi connectivity index (χ0n) is 10.7. The van der Waals surface area contributed by atoms with Gasteiger partial charge in [-0.3, -0.25) is 10.1 Å². The molecule has 2 N–H and O–H groups in total. The molecule has 3 aromatic rings. The van der Waals surface area contributed by atoms with Crippen molar-refractivity contribution in [2.45, 2.75) is 6.54 Å². The van der Waals surface area contributed by atoms with Gasteiger partial charge in [0.1, 0.15) is 5.82 Å². The molecule has 2 aromatic heterocycles. The summed E-state index contributed by atoms with van der Waals surface area (Å²) < 4.78 is 13.1. The lowest BCUT2D eigenvalue weighted by Gasteiger charge is -2.07. The van der Waals surface area contributed by atoms with Crippen LogP contribution in [-0.4, -0.2) is 15.2 Å². The molecule has 2 heterocycles. The maximum Gasteiger partial charge on any atom is 0.125 e. The van der Waals surface area contributed by atoms with Gasteiger partial charge in [0.2, 0.25) is 0 Å². The number of nitrogens with zero attached hydrogens (tertiary/aromatic N) is 2. The molecule has 0 unspecified atom stereocenters. The van der Waals surface area contributed by atoms with Crippen LogP contribution in [0.2, 0.25) is 0 Å². The molecule has 20 heavy (non-hydrogen) atoms. The highest BCUT2D eigenvalue weighted by atomic mass is 19.1. The molecular formula is C15H13FN4. The van der Waals surface area contributed by atoms with Crippen LogP contribution in [0, 0.1) is 5.82 Å². The molecule has 0 saturated heterocycles. The van der Waals surface area contributed by atoms with E-state index in [1.807, 2.05) is 18.2 Å². The van der Waals surface area contributed by atoms with Crippen molar-refractivity contribution in [3.63, 3.8) is 0 Å². The Morgan fingerprint density at radius 3 is 2.90 bits per heavy atom. The second-order valence-electron chi connectivity index (χ2n) is 4.38. The third-order valence-electron chi connectivity index (χ3n) is 2.98. The van der Waals surface area contributed by atoms with Crippen LogP contribution >= 0.6 is 0 Å². The quantitative estimate of drug-likeness (QED) is 0.764. The lowest BCUT2D eigenvalue weighted by atomic mass is 10.1. The molecule has 0 spiro atoms. The minimum atomic E-state index is -0.255. The van der Waals surface area contributed by atoms with Crippen molar-refractivity contribution < 1.29 is 4.39 Å². The number of benzene rings is 1. The van der Waals surface area contributed by atoms with Crippen LogP contribution in [0.25, 0.3) is 11.3 Å². The molecule has 0 aliphatic carbocycles. The predicted molar refractivity (Wildman–Crippen MR) is 75.5 cm³/mol. The Bertz CT molecular complexity index is 694. The van der Waals surface area contributed by atoms with Gasteiger partial charge in [-0.15, -0.1) is 0 Å². The van der Waals surface area contributed by atoms with Gasteiger partial charge >= 0.3 is 0 Å². The van der Waals surface area contributed by atoms with Crippen molar-refractivity contribution in [3.8, 4) is 11.3 Å². The molecule has 0 fully saturated rings. The van der Waals surface area contributed by atoms with Gasteiger partial charge < -0.3 is 5.32 Å². The van der Waals surface area contributed by atoms with Crippen LogP contribution in [0.4, 0.5) is 10.1 Å². The second-order valence-corrected chi connectivity index (χ2v) is 4.38. The summed E-state index contributed by atoms with van der Waals surface area (Å²) in [6.45, 7) is 0.560. The first-order chi connectivity index (χ1) is 9.83. The number of aromatic nitrogens is 3. The largest absolute Gasteiger partial charge is 0.381 e. The first-order valence-electron chi connectivity index (χ1n) is 6.25. The van der Waals surface area contributed by atoms with E-state index >= 15 is 0 Å². The van der Waals surface area contributed by atoms with E-state index in [9.17, 15) is 4.39 Å². The number of H-pyrrole nitrogens is 1. The van der Waals surface area contributed by atoms with E-state index in [1.165, 1.54) is 12.1 Å². The topological polar surface area (TPSA) is 53.6 Å². The zero-order chi connectivity index (χ0) is 13.8. The summed E-state index contributed by atoms with van der Waals surface area (Å²) >= 11 is 0. The first-order valence-corrected chi connectivity index (χ1v) is 6.25. The molecule has 0 amide bonds. The van der Waals surface area contributed by atoms with Crippen molar-refractivity contribution in [2.24, 2.45) is 0 Å². The van der Waals surface area contributed by atoms with E-state index in [0.29, 0.717) is 6.54 Å². The Morgan fingerprint density at radius 1 is 1.15 bits per heavy atom. The Morgan fingerprint density at radius 2 is 2.10 bits per heavy atom. The van der Waals surface area contributed by atoms with E-state index < -0.39 is 0 Å². The molecule has 0 aliphatic heterocycles. The molecule has 5 heteroatoms. The van der Waals surface area contributed by atoms with E-state index in [-0.39, 0.29) is 5.82 Å². The average molecular weight is 268 g/mol. The summed E-state index contributed by atoms with van der Waals surface area (Å²) in [6, 6.07) is 10.2. The number of pyridine rings is 1. The van der Waals surface area contributed by atoms with E-state index in [2.05, 4.69) is 20.5 Å². The highest BCUT2D eigenvalue weighted by Gasteiger charge is 2.07. The SMILES string of the molecule is Fc1cccc(NCc2cn[nH]c2-c2cccnc2)c1. The van der Waals surface area contributed by atoms with Crippen LogP contribution < -0.4 is 5.32 Å². The lowest BCUT2D eigenvalue weighted by molar-refractivity contribution is 0.628. The van der Waals surface area contributed by atoms with Gasteiger partial charge in [0.15, 0.2) is 0 Å². The molecule has 100 valence electrons. The highest BCUT2D eigenvalue weighted by Crippen LogP contribution is 2.21. The van der Waals surface area contributed by atoms with Crippen molar-refractivity contribution in [1.29, 1.82) is 0 Å². The van der Waals surface area contributed by atoms with Gasteiger partial charge in [-0.25, -0.2) is 4.39 Å². The van der Waals surface area contributed by atoms with E-state index in [1.54, 1.807) is 24.7 Å². The normalized spacial score (nSPS) is 10.4. The van der Waals surface area contributed by atoms with Crippen molar-refractivity contribution in [1.82, 2.24) is 15.2 Å². The van der Waals surface area contributed by atoms with Crippen LogP contribution in [-0.2, 0) is 6.54 Å². The molecule has 0 bridgehead atoms. The van der Waals surface area contributed by atoms with Crippen molar-refractivity contribution in [3.05, 3.63) is 66.4 Å². The smallest absolute Gasteiger partial charge is 0.125 e. The van der Waals surface area contributed by atoms with Crippen LogP contribution in [0.15, 0.2) is 55.0 Å². The fraction of sp³-hybridized carbons (Fsp3) is 0.0667. The third kappa shape index (κ3) is 2.66. The number of anilines is 1. The summed E-state index contributed by atoms with van der Waals surface area (Å²) in [5.74, 6) is -0.255. The van der Waals surface area contributed by atoms with Gasteiger partial charge in [-0.05, 0) is 30.3 Å². The van der Waals surface area contributed by atoms with Gasteiger partial charge in [-0.1, -0.05) is 6.07 Å². The fourth-order valence-electron chi connectivity index (χ4n) is 2.00. The Kier molecular flexibility index (Phi) is 3.41.